The topological polar surface area (TPSA) is 59.9 Å². The third-order valence-corrected chi connectivity index (χ3v) is 3.83. The second-order valence-corrected chi connectivity index (χ2v) is 5.49. The number of aromatic nitrogens is 3. The molecule has 130 valence electrons. The van der Waals surface area contributed by atoms with E-state index in [1.165, 1.54) is 29.9 Å². The maximum Gasteiger partial charge on any atom is 0.416 e. The highest BCUT2D eigenvalue weighted by Crippen LogP contribution is 2.31. The number of benzene rings is 2. The Balaban J connectivity index is 2.08. The number of alkyl halides is 3. The molecule has 2 aromatic carbocycles. The summed E-state index contributed by atoms with van der Waals surface area (Å²) < 4.78 is 44.3. The van der Waals surface area contributed by atoms with Gasteiger partial charge in [-0.15, -0.1) is 0 Å². The van der Waals surface area contributed by atoms with Gasteiger partial charge in [-0.05, 0) is 30.3 Å². The lowest BCUT2D eigenvalue weighted by Crippen LogP contribution is -2.15. The Morgan fingerprint density at radius 3 is 2.40 bits per heavy atom. The summed E-state index contributed by atoms with van der Waals surface area (Å²) in [7, 11) is 1.46. The Kier molecular flexibility index (Phi) is 4.30. The number of aromatic amines is 1. The molecule has 0 aliphatic carbocycles. The molecule has 0 spiro atoms. The number of nitrogens with one attached hydrogen (secondary N) is 1. The highest BCUT2D eigenvalue weighted by molar-refractivity contribution is 6.32. The molecule has 0 aliphatic rings. The summed E-state index contributed by atoms with van der Waals surface area (Å²) in [4.78, 5) is 12.1. The zero-order valence-corrected chi connectivity index (χ0v) is 13.5. The van der Waals surface area contributed by atoms with E-state index in [1.54, 1.807) is 12.1 Å². The van der Waals surface area contributed by atoms with Gasteiger partial charge in [0, 0.05) is 5.56 Å². The van der Waals surface area contributed by atoms with Crippen LogP contribution in [0.1, 0.15) is 5.56 Å². The SMILES string of the molecule is COc1ccc(-n2c(-c3ccc(C(F)(F)F)cc3)n[nH]c2=O)cc1Cl. The number of halogens is 4. The minimum Gasteiger partial charge on any atom is -0.495 e. The van der Waals surface area contributed by atoms with Crippen LogP contribution in [0, 0.1) is 0 Å². The Morgan fingerprint density at radius 1 is 1.16 bits per heavy atom. The molecule has 1 heterocycles. The van der Waals surface area contributed by atoms with Crippen LogP contribution in [-0.4, -0.2) is 21.9 Å². The quantitative estimate of drug-likeness (QED) is 0.761. The van der Waals surface area contributed by atoms with Crippen molar-refractivity contribution >= 4 is 11.6 Å². The van der Waals surface area contributed by atoms with Crippen LogP contribution in [0.25, 0.3) is 17.1 Å². The lowest BCUT2D eigenvalue weighted by molar-refractivity contribution is -0.137. The van der Waals surface area contributed by atoms with Crippen molar-refractivity contribution in [2.45, 2.75) is 6.18 Å². The summed E-state index contributed by atoms with van der Waals surface area (Å²) in [6.45, 7) is 0. The maximum absolute atomic E-state index is 12.7. The average molecular weight is 370 g/mol. The van der Waals surface area contributed by atoms with Gasteiger partial charge < -0.3 is 4.74 Å². The fraction of sp³-hybridized carbons (Fsp3) is 0.125. The van der Waals surface area contributed by atoms with Crippen LogP contribution in [0.2, 0.25) is 5.02 Å². The molecule has 9 heteroatoms. The van der Waals surface area contributed by atoms with Crippen LogP contribution in [0.3, 0.4) is 0 Å². The van der Waals surface area contributed by atoms with Gasteiger partial charge in [0.1, 0.15) is 5.75 Å². The molecule has 0 amide bonds. The molecular formula is C16H11ClF3N3O2. The van der Waals surface area contributed by atoms with Crippen LogP contribution >= 0.6 is 11.6 Å². The number of hydrogen-bond acceptors (Lipinski definition) is 3. The first-order chi connectivity index (χ1) is 11.8. The first kappa shape index (κ1) is 17.1. The number of H-pyrrole nitrogens is 1. The Labute approximate surface area is 144 Å². The average Bonchev–Trinajstić information content (AvgIpc) is 2.95. The number of ether oxygens (including phenoxy) is 1. The van der Waals surface area contributed by atoms with Crippen LogP contribution < -0.4 is 10.4 Å². The molecule has 1 aromatic heterocycles. The predicted octanol–water partition coefficient (Wildman–Crippen LogP) is 3.91. The van der Waals surface area contributed by atoms with Crippen LogP contribution in [-0.2, 0) is 6.18 Å². The van der Waals surface area contributed by atoms with Gasteiger partial charge in [0.15, 0.2) is 5.82 Å². The van der Waals surface area contributed by atoms with Gasteiger partial charge in [-0.3, -0.25) is 0 Å². The Hall–Kier alpha value is -2.74. The third kappa shape index (κ3) is 3.25. The van der Waals surface area contributed by atoms with Crippen LogP contribution in [0.15, 0.2) is 47.3 Å². The second-order valence-electron chi connectivity index (χ2n) is 5.08. The highest BCUT2D eigenvalue weighted by atomic mass is 35.5. The molecule has 5 nitrogen and oxygen atoms in total. The molecule has 0 aliphatic heterocycles. The number of nitrogens with zero attached hydrogens (tertiary/aromatic N) is 2. The van der Waals surface area contributed by atoms with Crippen molar-refractivity contribution < 1.29 is 17.9 Å². The van der Waals surface area contributed by atoms with E-state index >= 15 is 0 Å². The van der Waals surface area contributed by atoms with Crippen molar-refractivity contribution in [1.29, 1.82) is 0 Å². The van der Waals surface area contributed by atoms with Crippen molar-refractivity contribution in [3.05, 3.63) is 63.5 Å². The van der Waals surface area contributed by atoms with Crippen molar-refractivity contribution in [2.24, 2.45) is 0 Å². The first-order valence-electron chi connectivity index (χ1n) is 7.00. The molecule has 25 heavy (non-hydrogen) atoms. The van der Waals surface area contributed by atoms with E-state index < -0.39 is 17.4 Å². The van der Waals surface area contributed by atoms with Crippen LogP contribution in [0.5, 0.6) is 5.75 Å². The van der Waals surface area contributed by atoms with Crippen molar-refractivity contribution in [1.82, 2.24) is 14.8 Å². The summed E-state index contributed by atoms with van der Waals surface area (Å²) in [5, 5.41) is 6.47. The molecule has 0 fully saturated rings. The maximum atomic E-state index is 12.7. The van der Waals surface area contributed by atoms with E-state index in [-0.39, 0.29) is 10.8 Å². The summed E-state index contributed by atoms with van der Waals surface area (Å²) in [5.41, 5.74) is -0.581. The minimum atomic E-state index is -4.44. The van der Waals surface area contributed by atoms with Gasteiger partial charge in [0.05, 0.1) is 23.4 Å². The molecule has 1 N–H and O–H groups in total. The van der Waals surface area contributed by atoms with Crippen LogP contribution in [0.4, 0.5) is 13.2 Å². The Bertz CT molecular complexity index is 962. The lowest BCUT2D eigenvalue weighted by Gasteiger charge is -2.10. The summed E-state index contributed by atoms with van der Waals surface area (Å²) >= 11 is 6.07. The molecular weight excluding hydrogens is 359 g/mol. The van der Waals surface area contributed by atoms with Gasteiger partial charge >= 0.3 is 11.9 Å². The first-order valence-corrected chi connectivity index (χ1v) is 7.38. The fourth-order valence-electron chi connectivity index (χ4n) is 2.33. The van der Waals surface area contributed by atoms with Crippen molar-refractivity contribution in [3.63, 3.8) is 0 Å². The number of hydrogen-bond donors (Lipinski definition) is 1. The van der Waals surface area contributed by atoms with E-state index in [0.717, 1.165) is 12.1 Å². The van der Waals surface area contributed by atoms with E-state index in [9.17, 15) is 18.0 Å². The molecule has 0 saturated heterocycles. The molecule has 0 unspecified atom stereocenters. The largest absolute Gasteiger partial charge is 0.495 e. The molecule has 3 rings (SSSR count). The van der Waals surface area contributed by atoms with Crippen molar-refractivity contribution in [2.75, 3.05) is 7.11 Å². The van der Waals surface area contributed by atoms with Gasteiger partial charge in [-0.1, -0.05) is 23.7 Å². The zero-order chi connectivity index (χ0) is 18.2. The van der Waals surface area contributed by atoms with E-state index in [0.29, 0.717) is 17.0 Å². The summed E-state index contributed by atoms with van der Waals surface area (Å²) in [5.74, 6) is 0.595. The predicted molar refractivity (Wildman–Crippen MR) is 86.2 cm³/mol. The van der Waals surface area contributed by atoms with Gasteiger partial charge in [0.25, 0.3) is 0 Å². The standard InChI is InChI=1S/C16H11ClF3N3O2/c1-25-13-7-6-11(8-12(13)17)23-14(21-22-15(23)24)9-2-4-10(5-3-9)16(18,19)20/h2-8H,1H3,(H,22,24). The molecule has 0 saturated carbocycles. The summed E-state index contributed by atoms with van der Waals surface area (Å²) in [6.07, 6.45) is -4.44. The number of rotatable bonds is 3. The smallest absolute Gasteiger partial charge is 0.416 e. The molecule has 0 radical (unpaired) electrons. The minimum absolute atomic E-state index is 0.167. The van der Waals surface area contributed by atoms with Gasteiger partial charge in [-0.2, -0.15) is 18.3 Å². The molecule has 3 aromatic rings. The number of methoxy groups -OCH3 is 1. The fourth-order valence-corrected chi connectivity index (χ4v) is 2.58. The van der Waals surface area contributed by atoms with E-state index in [4.69, 9.17) is 16.3 Å². The van der Waals surface area contributed by atoms with E-state index in [2.05, 4.69) is 10.2 Å². The monoisotopic (exact) mass is 369 g/mol. The van der Waals surface area contributed by atoms with E-state index in [1.807, 2.05) is 0 Å². The zero-order valence-electron chi connectivity index (χ0n) is 12.8. The third-order valence-electron chi connectivity index (χ3n) is 3.54. The summed E-state index contributed by atoms with van der Waals surface area (Å²) in [6, 6.07) is 9.04. The second kappa shape index (κ2) is 6.29. The molecule has 0 atom stereocenters. The Morgan fingerprint density at radius 2 is 1.84 bits per heavy atom. The lowest BCUT2D eigenvalue weighted by atomic mass is 10.1. The van der Waals surface area contributed by atoms with Gasteiger partial charge in [0.2, 0.25) is 0 Å². The normalized spacial score (nSPS) is 11.6. The molecule has 0 bridgehead atoms. The highest BCUT2D eigenvalue weighted by Gasteiger charge is 2.30. The van der Waals surface area contributed by atoms with Crippen molar-refractivity contribution in [3.8, 4) is 22.8 Å². The van der Waals surface area contributed by atoms with Gasteiger partial charge in [-0.25, -0.2) is 14.5 Å².